The molecule has 4 nitrogen and oxygen atoms in total. The molecule has 1 fully saturated rings. The van der Waals surface area contributed by atoms with Crippen LogP contribution in [0.3, 0.4) is 0 Å². The molecule has 2 aromatic rings. The summed E-state index contributed by atoms with van der Waals surface area (Å²) in [5.74, 6) is 1.11. The van der Waals surface area contributed by atoms with E-state index < -0.39 is 0 Å². The normalized spacial score (nSPS) is 19.8. The molecule has 0 bridgehead atoms. The number of aromatic nitrogens is 3. The first-order chi connectivity index (χ1) is 10.3. The predicted molar refractivity (Wildman–Crippen MR) is 84.0 cm³/mol. The molecule has 2 aromatic heterocycles. The lowest BCUT2D eigenvalue weighted by Gasteiger charge is -2.35. The van der Waals surface area contributed by atoms with E-state index in [0.717, 1.165) is 18.9 Å². The van der Waals surface area contributed by atoms with Gasteiger partial charge in [0, 0.05) is 31.7 Å². The summed E-state index contributed by atoms with van der Waals surface area (Å²) in [5.41, 5.74) is 1.23. The van der Waals surface area contributed by atoms with Gasteiger partial charge in [-0.2, -0.15) is 0 Å². The van der Waals surface area contributed by atoms with Crippen LogP contribution < -0.4 is 0 Å². The molecular formula is C17H24N4. The summed E-state index contributed by atoms with van der Waals surface area (Å²) in [4.78, 5) is 11.5. The summed E-state index contributed by atoms with van der Waals surface area (Å²) in [6, 6.07) is 6.77. The van der Waals surface area contributed by atoms with E-state index >= 15 is 0 Å². The molecule has 0 amide bonds. The van der Waals surface area contributed by atoms with Gasteiger partial charge in [-0.1, -0.05) is 12.5 Å². The summed E-state index contributed by atoms with van der Waals surface area (Å²) >= 11 is 0. The molecule has 0 N–H and O–H groups in total. The Labute approximate surface area is 126 Å². The molecule has 0 radical (unpaired) electrons. The Balaban J connectivity index is 1.59. The van der Waals surface area contributed by atoms with Gasteiger partial charge in [-0.05, 0) is 44.9 Å². The summed E-state index contributed by atoms with van der Waals surface area (Å²) < 4.78 is 2.24. The molecule has 3 heterocycles. The lowest BCUT2D eigenvalue weighted by Crippen LogP contribution is -2.35. The van der Waals surface area contributed by atoms with E-state index in [1.165, 1.54) is 37.9 Å². The van der Waals surface area contributed by atoms with E-state index in [4.69, 9.17) is 0 Å². The zero-order valence-corrected chi connectivity index (χ0v) is 12.8. The number of aryl methyl sites for hydroxylation is 2. The van der Waals surface area contributed by atoms with Gasteiger partial charge in [-0.15, -0.1) is 0 Å². The van der Waals surface area contributed by atoms with Crippen LogP contribution in [-0.4, -0.2) is 32.5 Å². The molecule has 0 unspecified atom stereocenters. The Morgan fingerprint density at radius 3 is 2.86 bits per heavy atom. The monoisotopic (exact) mass is 284 g/mol. The van der Waals surface area contributed by atoms with Crippen molar-refractivity contribution in [2.75, 3.05) is 13.1 Å². The smallest absolute Gasteiger partial charge is 0.105 e. The summed E-state index contributed by atoms with van der Waals surface area (Å²) in [6.07, 6.45) is 10.9. The Kier molecular flexibility index (Phi) is 4.65. The van der Waals surface area contributed by atoms with Crippen molar-refractivity contribution in [2.45, 2.75) is 45.2 Å². The fourth-order valence-corrected chi connectivity index (χ4v) is 3.25. The van der Waals surface area contributed by atoms with E-state index in [9.17, 15) is 0 Å². The summed E-state index contributed by atoms with van der Waals surface area (Å²) in [6.45, 7) is 5.46. The van der Waals surface area contributed by atoms with Gasteiger partial charge in [0.05, 0.1) is 11.7 Å². The van der Waals surface area contributed by atoms with E-state index in [1.54, 1.807) is 0 Å². The van der Waals surface area contributed by atoms with Gasteiger partial charge in [0.1, 0.15) is 5.82 Å². The van der Waals surface area contributed by atoms with E-state index in [2.05, 4.69) is 44.7 Å². The third kappa shape index (κ3) is 3.50. The lowest BCUT2D eigenvalue weighted by molar-refractivity contribution is 0.141. The van der Waals surface area contributed by atoms with E-state index in [-0.39, 0.29) is 0 Å². The molecule has 0 aliphatic carbocycles. The first kappa shape index (κ1) is 14.3. The Bertz CT molecular complexity index is 549. The second kappa shape index (κ2) is 6.85. The summed E-state index contributed by atoms with van der Waals surface area (Å²) in [7, 11) is 0. The van der Waals surface area contributed by atoms with Gasteiger partial charge < -0.3 is 4.57 Å². The minimum absolute atomic E-state index is 0.504. The Hall–Kier alpha value is -1.68. The van der Waals surface area contributed by atoms with Crippen molar-refractivity contribution < 1.29 is 0 Å². The van der Waals surface area contributed by atoms with E-state index in [1.807, 2.05) is 18.5 Å². The largest absolute Gasteiger partial charge is 0.335 e. The van der Waals surface area contributed by atoms with Crippen LogP contribution in [0.25, 0.3) is 0 Å². The van der Waals surface area contributed by atoms with Crippen molar-refractivity contribution in [2.24, 2.45) is 0 Å². The minimum atomic E-state index is 0.504. The predicted octanol–water partition coefficient (Wildman–Crippen LogP) is 3.20. The van der Waals surface area contributed by atoms with Crippen LogP contribution in [0.15, 0.2) is 36.8 Å². The molecule has 0 spiro atoms. The second-order valence-electron chi connectivity index (χ2n) is 5.82. The van der Waals surface area contributed by atoms with Crippen molar-refractivity contribution >= 4 is 0 Å². The molecule has 1 saturated heterocycles. The highest BCUT2D eigenvalue weighted by atomic mass is 15.2. The zero-order chi connectivity index (χ0) is 14.5. The molecular weight excluding hydrogens is 260 g/mol. The van der Waals surface area contributed by atoms with E-state index in [0.29, 0.717) is 6.04 Å². The maximum absolute atomic E-state index is 4.57. The molecule has 112 valence electrons. The van der Waals surface area contributed by atoms with Crippen molar-refractivity contribution in [3.8, 4) is 0 Å². The quantitative estimate of drug-likeness (QED) is 0.845. The molecule has 1 atom stereocenters. The highest BCUT2D eigenvalue weighted by molar-refractivity contribution is 5.09. The molecule has 0 saturated carbocycles. The lowest BCUT2D eigenvalue weighted by atomic mass is 9.98. The van der Waals surface area contributed by atoms with Gasteiger partial charge in [0.2, 0.25) is 0 Å². The number of imidazole rings is 1. The first-order valence-corrected chi connectivity index (χ1v) is 7.97. The number of piperidine rings is 1. The van der Waals surface area contributed by atoms with Crippen molar-refractivity contribution in [1.29, 1.82) is 0 Å². The third-order valence-electron chi connectivity index (χ3n) is 4.41. The van der Waals surface area contributed by atoms with Crippen LogP contribution in [0.4, 0.5) is 0 Å². The first-order valence-electron chi connectivity index (χ1n) is 7.97. The Morgan fingerprint density at radius 1 is 1.14 bits per heavy atom. The number of likely N-dealkylation sites (tertiary alicyclic amines) is 1. The van der Waals surface area contributed by atoms with Gasteiger partial charge >= 0.3 is 0 Å². The van der Waals surface area contributed by atoms with Crippen LogP contribution in [0.2, 0.25) is 0 Å². The van der Waals surface area contributed by atoms with Crippen molar-refractivity contribution in [1.82, 2.24) is 19.4 Å². The fourth-order valence-electron chi connectivity index (χ4n) is 3.25. The zero-order valence-electron chi connectivity index (χ0n) is 12.8. The highest BCUT2D eigenvalue weighted by Crippen LogP contribution is 2.29. The van der Waals surface area contributed by atoms with Gasteiger partial charge in [0.25, 0.3) is 0 Å². The van der Waals surface area contributed by atoms with Crippen LogP contribution in [0.1, 0.15) is 43.2 Å². The average molecular weight is 284 g/mol. The minimum Gasteiger partial charge on any atom is -0.335 e. The van der Waals surface area contributed by atoms with Gasteiger partial charge in [0.15, 0.2) is 0 Å². The van der Waals surface area contributed by atoms with Crippen LogP contribution in [0, 0.1) is 6.92 Å². The average Bonchev–Trinajstić information content (AvgIpc) is 2.94. The van der Waals surface area contributed by atoms with Crippen LogP contribution in [-0.2, 0) is 6.54 Å². The number of pyridine rings is 1. The Morgan fingerprint density at radius 2 is 2.10 bits per heavy atom. The number of hydrogen-bond acceptors (Lipinski definition) is 3. The van der Waals surface area contributed by atoms with Crippen LogP contribution in [0.5, 0.6) is 0 Å². The molecule has 0 aromatic carbocycles. The SMILES string of the molecule is Cc1nccn1CCCN1CCCC[C@H]1c1ccccn1. The standard InChI is InChI=1S/C17H24N4/c1-15-18-10-14-20(15)12-6-13-21-11-5-3-8-17(21)16-7-2-4-9-19-16/h2,4,7,9-10,14,17H,3,5-6,8,11-13H2,1H3/t17-/m0/s1. The van der Waals surface area contributed by atoms with Crippen molar-refractivity contribution in [3.63, 3.8) is 0 Å². The van der Waals surface area contributed by atoms with Crippen molar-refractivity contribution in [3.05, 3.63) is 48.3 Å². The maximum atomic E-state index is 4.57. The molecule has 3 rings (SSSR count). The molecule has 1 aliphatic heterocycles. The van der Waals surface area contributed by atoms with Crippen LogP contribution >= 0.6 is 0 Å². The molecule has 4 heteroatoms. The number of hydrogen-bond donors (Lipinski definition) is 0. The molecule has 21 heavy (non-hydrogen) atoms. The van der Waals surface area contributed by atoms with Gasteiger partial charge in [-0.3, -0.25) is 9.88 Å². The molecule has 1 aliphatic rings. The highest BCUT2D eigenvalue weighted by Gasteiger charge is 2.24. The topological polar surface area (TPSA) is 34.0 Å². The van der Waals surface area contributed by atoms with Gasteiger partial charge in [-0.25, -0.2) is 4.98 Å². The second-order valence-corrected chi connectivity index (χ2v) is 5.82. The number of nitrogens with zero attached hydrogens (tertiary/aromatic N) is 4. The fraction of sp³-hybridized carbons (Fsp3) is 0.529. The maximum Gasteiger partial charge on any atom is 0.105 e. The summed E-state index contributed by atoms with van der Waals surface area (Å²) in [5, 5.41) is 0. The third-order valence-corrected chi connectivity index (χ3v) is 4.41. The number of rotatable bonds is 5.